The van der Waals surface area contributed by atoms with Crippen molar-refractivity contribution >= 4 is 17.5 Å². The van der Waals surface area contributed by atoms with Crippen molar-refractivity contribution < 1.29 is 9.32 Å². The van der Waals surface area contributed by atoms with Gasteiger partial charge in [-0.1, -0.05) is 55.6 Å². The molecule has 1 saturated carbocycles. The van der Waals surface area contributed by atoms with Gasteiger partial charge in [-0.05, 0) is 37.3 Å². The largest absolute Gasteiger partial charge is 0.344 e. The van der Waals surface area contributed by atoms with Crippen molar-refractivity contribution in [3.63, 3.8) is 0 Å². The average Bonchev–Trinajstić information content (AvgIpc) is 3.02. The number of hydrogen-bond donors (Lipinski definition) is 1. The Labute approximate surface area is 153 Å². The van der Waals surface area contributed by atoms with Gasteiger partial charge in [0.25, 0.3) is 0 Å². The Hall–Kier alpha value is -1.88. The van der Waals surface area contributed by atoms with Gasteiger partial charge >= 0.3 is 0 Å². The summed E-state index contributed by atoms with van der Waals surface area (Å²) < 4.78 is 5.49. The van der Waals surface area contributed by atoms with Gasteiger partial charge in [-0.25, -0.2) is 0 Å². The van der Waals surface area contributed by atoms with Crippen LogP contribution in [-0.2, 0) is 4.79 Å². The fourth-order valence-electron chi connectivity index (χ4n) is 2.84. The third-order valence-electron chi connectivity index (χ3n) is 5.12. The molecule has 3 rings (SSSR count). The molecule has 6 heteroatoms. The molecule has 1 aliphatic rings. The molecular weight excluding hydrogens is 338 g/mol. The summed E-state index contributed by atoms with van der Waals surface area (Å²) >= 11 is 6.19. The van der Waals surface area contributed by atoms with Crippen LogP contribution in [0.4, 0.5) is 0 Å². The lowest BCUT2D eigenvalue weighted by Gasteiger charge is -2.28. The number of aromatic nitrogens is 2. The maximum absolute atomic E-state index is 12.4. The molecule has 1 aromatic heterocycles. The number of hydrogen-bond acceptors (Lipinski definition) is 4. The first-order valence-electron chi connectivity index (χ1n) is 8.90. The van der Waals surface area contributed by atoms with Gasteiger partial charge in [0.15, 0.2) is 0 Å². The summed E-state index contributed by atoms with van der Waals surface area (Å²) in [6, 6.07) is 5.41. The van der Waals surface area contributed by atoms with E-state index in [-0.39, 0.29) is 23.8 Å². The quantitative estimate of drug-likeness (QED) is 0.809. The van der Waals surface area contributed by atoms with Gasteiger partial charge in [-0.3, -0.25) is 4.79 Å². The normalized spacial score (nSPS) is 17.0. The molecule has 1 N–H and O–H groups in total. The summed E-state index contributed by atoms with van der Waals surface area (Å²) in [5.74, 6) is 1.37. The number of nitrogens with zero attached hydrogens (tertiary/aromatic N) is 2. The molecule has 2 aromatic rings. The third-order valence-corrected chi connectivity index (χ3v) is 5.53. The van der Waals surface area contributed by atoms with Gasteiger partial charge in [-0.2, -0.15) is 4.98 Å². The van der Waals surface area contributed by atoms with Crippen LogP contribution in [0.25, 0.3) is 11.4 Å². The first kappa shape index (κ1) is 17.9. The maximum atomic E-state index is 12.4. The van der Waals surface area contributed by atoms with Crippen LogP contribution in [0.2, 0.25) is 5.02 Å². The van der Waals surface area contributed by atoms with Crippen LogP contribution in [0.5, 0.6) is 0 Å². The molecule has 0 spiro atoms. The molecule has 1 amide bonds. The summed E-state index contributed by atoms with van der Waals surface area (Å²) in [6.07, 6.45) is 3.97. The van der Waals surface area contributed by atoms with E-state index >= 15 is 0 Å². The number of amides is 1. The zero-order valence-corrected chi connectivity index (χ0v) is 15.6. The zero-order valence-electron chi connectivity index (χ0n) is 14.9. The van der Waals surface area contributed by atoms with Gasteiger partial charge in [0.1, 0.15) is 6.04 Å². The number of carbonyl (C=O) groups is 1. The summed E-state index contributed by atoms with van der Waals surface area (Å²) in [6.45, 7) is 6.12. The minimum Gasteiger partial charge on any atom is -0.344 e. The average molecular weight is 362 g/mol. The van der Waals surface area contributed by atoms with E-state index in [2.05, 4.69) is 29.3 Å². The molecule has 0 saturated heterocycles. The Balaban J connectivity index is 1.82. The van der Waals surface area contributed by atoms with Gasteiger partial charge in [0, 0.05) is 16.5 Å². The topological polar surface area (TPSA) is 68.0 Å². The summed E-state index contributed by atoms with van der Waals surface area (Å²) in [5.41, 5.74) is 1.80. The van der Waals surface area contributed by atoms with Crippen LogP contribution < -0.4 is 5.32 Å². The van der Waals surface area contributed by atoms with E-state index in [0.29, 0.717) is 16.7 Å². The summed E-state index contributed by atoms with van der Waals surface area (Å²) in [5, 5.41) is 7.86. The fourth-order valence-corrected chi connectivity index (χ4v) is 3.02. The zero-order chi connectivity index (χ0) is 18.0. The van der Waals surface area contributed by atoms with Crippen molar-refractivity contribution in [2.24, 2.45) is 11.8 Å². The number of benzene rings is 1. The molecule has 1 aromatic carbocycles. The van der Waals surface area contributed by atoms with Crippen LogP contribution in [-0.4, -0.2) is 16.0 Å². The predicted octanol–water partition coefficient (Wildman–Crippen LogP) is 4.70. The van der Waals surface area contributed by atoms with E-state index in [1.165, 1.54) is 0 Å². The Morgan fingerprint density at radius 2 is 2.20 bits per heavy atom. The molecule has 1 fully saturated rings. The molecule has 2 atom stereocenters. The van der Waals surface area contributed by atoms with Crippen LogP contribution in [0, 0.1) is 18.8 Å². The number of aryl methyl sites for hydroxylation is 1. The highest BCUT2D eigenvalue weighted by Gasteiger charge is 2.31. The molecule has 5 nitrogen and oxygen atoms in total. The first-order valence-corrected chi connectivity index (χ1v) is 9.28. The molecule has 0 aliphatic heterocycles. The molecule has 1 aliphatic carbocycles. The van der Waals surface area contributed by atoms with E-state index in [1.54, 1.807) is 0 Å². The van der Waals surface area contributed by atoms with Crippen molar-refractivity contribution in [1.82, 2.24) is 15.5 Å². The van der Waals surface area contributed by atoms with Crippen molar-refractivity contribution in [1.29, 1.82) is 0 Å². The predicted molar refractivity (Wildman–Crippen MR) is 97.2 cm³/mol. The molecule has 1 heterocycles. The molecule has 25 heavy (non-hydrogen) atoms. The smallest absolute Gasteiger partial charge is 0.249 e. The van der Waals surface area contributed by atoms with Crippen LogP contribution >= 0.6 is 11.6 Å². The number of rotatable bonds is 6. The van der Waals surface area contributed by atoms with Crippen molar-refractivity contribution in [2.75, 3.05) is 0 Å². The monoisotopic (exact) mass is 361 g/mol. The van der Waals surface area contributed by atoms with E-state index in [1.807, 2.05) is 25.1 Å². The third kappa shape index (κ3) is 3.87. The van der Waals surface area contributed by atoms with E-state index in [9.17, 15) is 4.79 Å². The van der Waals surface area contributed by atoms with Gasteiger partial charge < -0.3 is 9.84 Å². The SMILES string of the molecule is CC[C@@H](C)[C@H](NC(=O)C1CCC1)c1nc(-c2ccc(C)c(Cl)c2)no1. The second kappa shape index (κ2) is 7.56. The van der Waals surface area contributed by atoms with Crippen LogP contribution in [0.15, 0.2) is 22.7 Å². The number of halogens is 1. The molecule has 134 valence electrons. The van der Waals surface area contributed by atoms with E-state index < -0.39 is 0 Å². The van der Waals surface area contributed by atoms with Gasteiger partial charge in [-0.15, -0.1) is 0 Å². The van der Waals surface area contributed by atoms with Crippen molar-refractivity contribution in [3.8, 4) is 11.4 Å². The Bertz CT molecular complexity index is 755. The minimum absolute atomic E-state index is 0.0923. The summed E-state index contributed by atoms with van der Waals surface area (Å²) in [4.78, 5) is 16.9. The standard InChI is InChI=1S/C19H24ClN3O2/c1-4-11(2)16(21-18(24)13-6-5-7-13)19-22-17(23-25-19)14-9-8-12(3)15(20)10-14/h8-11,13,16H,4-7H2,1-3H3,(H,21,24)/t11-,16+/m1/s1. The minimum atomic E-state index is -0.264. The van der Waals surface area contributed by atoms with E-state index in [4.69, 9.17) is 16.1 Å². The van der Waals surface area contributed by atoms with Crippen LogP contribution in [0.1, 0.15) is 57.0 Å². The van der Waals surface area contributed by atoms with Crippen LogP contribution in [0.3, 0.4) is 0 Å². The Morgan fingerprint density at radius 3 is 2.80 bits per heavy atom. The highest BCUT2D eigenvalue weighted by molar-refractivity contribution is 6.31. The fraction of sp³-hybridized carbons (Fsp3) is 0.526. The van der Waals surface area contributed by atoms with E-state index in [0.717, 1.165) is 36.8 Å². The van der Waals surface area contributed by atoms with Crippen molar-refractivity contribution in [3.05, 3.63) is 34.7 Å². The second-order valence-electron chi connectivity index (χ2n) is 6.92. The summed E-state index contributed by atoms with van der Waals surface area (Å²) in [7, 11) is 0. The lowest BCUT2D eigenvalue weighted by molar-refractivity contribution is -0.128. The van der Waals surface area contributed by atoms with Gasteiger partial charge in [0.2, 0.25) is 17.6 Å². The Kier molecular flexibility index (Phi) is 5.42. The molecular formula is C19H24ClN3O2. The maximum Gasteiger partial charge on any atom is 0.249 e. The molecule has 0 unspecified atom stereocenters. The second-order valence-corrected chi connectivity index (χ2v) is 7.33. The lowest BCUT2D eigenvalue weighted by Crippen LogP contribution is -2.39. The highest BCUT2D eigenvalue weighted by atomic mass is 35.5. The van der Waals surface area contributed by atoms with Crippen molar-refractivity contribution in [2.45, 2.75) is 52.5 Å². The Morgan fingerprint density at radius 1 is 1.44 bits per heavy atom. The number of carbonyl (C=O) groups excluding carboxylic acids is 1. The van der Waals surface area contributed by atoms with Gasteiger partial charge in [0.05, 0.1) is 0 Å². The highest BCUT2D eigenvalue weighted by Crippen LogP contribution is 2.30. The lowest BCUT2D eigenvalue weighted by atomic mass is 9.84. The molecule has 0 bridgehead atoms. The first-order chi connectivity index (χ1) is 12.0. The molecule has 0 radical (unpaired) electrons. The number of nitrogens with one attached hydrogen (secondary N) is 1.